The highest BCUT2D eigenvalue weighted by atomic mass is 32.2. The largest absolute Gasteiger partial charge is 0.433 e. The third-order valence-electron chi connectivity index (χ3n) is 2.43. The molecule has 0 spiro atoms. The number of pyridine rings is 1. The Morgan fingerprint density at radius 1 is 1.36 bits per heavy atom. The van der Waals surface area contributed by atoms with Gasteiger partial charge in [0.05, 0.1) is 17.5 Å². The van der Waals surface area contributed by atoms with Gasteiger partial charge in [0.1, 0.15) is 12.0 Å². The lowest BCUT2D eigenvalue weighted by Crippen LogP contribution is -2.32. The van der Waals surface area contributed by atoms with Crippen LogP contribution in [0, 0.1) is 0 Å². The second-order valence-electron chi connectivity index (χ2n) is 4.11. The van der Waals surface area contributed by atoms with Gasteiger partial charge in [-0.05, 0) is 12.1 Å². The highest BCUT2D eigenvalue weighted by Gasteiger charge is 2.33. The summed E-state index contributed by atoms with van der Waals surface area (Å²) in [6.07, 6.45) is -2.10. The molecule has 2 rings (SSSR count). The fraction of sp³-hybridized carbons (Fsp3) is 0.182. The number of sulfonamides is 1. The van der Waals surface area contributed by atoms with Gasteiger partial charge in [0.25, 0.3) is 10.0 Å². The molecule has 0 aliphatic carbocycles. The van der Waals surface area contributed by atoms with E-state index in [1.807, 2.05) is 0 Å². The zero-order valence-electron chi connectivity index (χ0n) is 10.7. The fourth-order valence-electron chi connectivity index (χ4n) is 1.48. The molecule has 0 saturated carbocycles. The molecule has 7 nitrogen and oxygen atoms in total. The Kier molecular flexibility index (Phi) is 4.17. The number of nitrogens with one attached hydrogen (secondary N) is 1. The van der Waals surface area contributed by atoms with Gasteiger partial charge >= 0.3 is 6.18 Å². The van der Waals surface area contributed by atoms with Crippen LogP contribution in [-0.4, -0.2) is 24.5 Å². The normalized spacial score (nSPS) is 12.1. The maximum atomic E-state index is 12.5. The minimum Gasteiger partial charge on any atom is -0.364 e. The molecule has 2 aromatic rings. The molecule has 11 heteroatoms. The smallest absolute Gasteiger partial charge is 0.364 e. The van der Waals surface area contributed by atoms with E-state index in [2.05, 4.69) is 14.7 Å². The Balaban J connectivity index is 2.18. The van der Waals surface area contributed by atoms with E-state index in [0.717, 1.165) is 12.3 Å². The van der Waals surface area contributed by atoms with Crippen LogP contribution >= 0.6 is 0 Å². The number of carbonyl (C=O) groups excluding carboxylic acids is 1. The Bertz CT molecular complexity index is 772. The first-order valence-electron chi connectivity index (χ1n) is 5.65. The van der Waals surface area contributed by atoms with Crippen molar-refractivity contribution in [3.63, 3.8) is 0 Å². The van der Waals surface area contributed by atoms with Gasteiger partial charge in [-0.2, -0.15) is 13.2 Å². The third kappa shape index (κ3) is 3.81. The molecule has 2 heterocycles. The second-order valence-corrected chi connectivity index (χ2v) is 5.80. The SMILES string of the molecule is O=C(Cc1cnoc1)NS(=O)(=O)c1ccnc(C(F)(F)F)c1. The summed E-state index contributed by atoms with van der Waals surface area (Å²) >= 11 is 0. The Labute approximate surface area is 122 Å². The molecule has 0 radical (unpaired) electrons. The van der Waals surface area contributed by atoms with E-state index >= 15 is 0 Å². The molecular formula is C11H8F3N3O4S. The van der Waals surface area contributed by atoms with E-state index in [1.165, 1.54) is 6.20 Å². The van der Waals surface area contributed by atoms with Crippen LogP contribution in [0.5, 0.6) is 0 Å². The van der Waals surface area contributed by atoms with E-state index < -0.39 is 32.7 Å². The number of rotatable bonds is 4. The fourth-order valence-corrected chi connectivity index (χ4v) is 2.47. The number of nitrogens with zero attached hydrogens (tertiary/aromatic N) is 2. The minimum absolute atomic E-state index is 0.318. The van der Waals surface area contributed by atoms with Gasteiger partial charge in [-0.25, -0.2) is 13.1 Å². The highest BCUT2D eigenvalue weighted by molar-refractivity contribution is 7.90. The Hall–Kier alpha value is -2.43. The molecule has 1 N–H and O–H groups in total. The van der Waals surface area contributed by atoms with E-state index in [4.69, 9.17) is 0 Å². The molecule has 2 aromatic heterocycles. The van der Waals surface area contributed by atoms with Gasteiger partial charge < -0.3 is 4.52 Å². The molecule has 118 valence electrons. The summed E-state index contributed by atoms with van der Waals surface area (Å²) in [5, 5.41) is 3.33. The van der Waals surface area contributed by atoms with Gasteiger partial charge in [-0.15, -0.1) is 0 Å². The van der Waals surface area contributed by atoms with Crippen LogP contribution < -0.4 is 4.72 Å². The summed E-state index contributed by atoms with van der Waals surface area (Å²) in [5.41, 5.74) is -1.06. The van der Waals surface area contributed by atoms with Crippen molar-refractivity contribution in [3.05, 3.63) is 42.0 Å². The first kappa shape index (κ1) is 15.9. The average Bonchev–Trinajstić information content (AvgIpc) is 2.90. The lowest BCUT2D eigenvalue weighted by molar-refractivity contribution is -0.141. The van der Waals surface area contributed by atoms with Gasteiger partial charge in [-0.3, -0.25) is 9.78 Å². The predicted octanol–water partition coefficient (Wildman–Crippen LogP) is 1.14. The molecular weight excluding hydrogens is 327 g/mol. The van der Waals surface area contributed by atoms with Crippen molar-refractivity contribution >= 4 is 15.9 Å². The third-order valence-corrected chi connectivity index (χ3v) is 3.80. The van der Waals surface area contributed by atoms with E-state index in [1.54, 1.807) is 4.72 Å². The van der Waals surface area contributed by atoms with Crippen molar-refractivity contribution < 1.29 is 30.9 Å². The molecule has 0 bridgehead atoms. The lowest BCUT2D eigenvalue weighted by Gasteiger charge is -2.09. The van der Waals surface area contributed by atoms with Crippen LogP contribution in [0.1, 0.15) is 11.3 Å². The van der Waals surface area contributed by atoms with Crippen LogP contribution in [0.15, 0.2) is 40.2 Å². The Morgan fingerprint density at radius 2 is 2.09 bits per heavy atom. The molecule has 0 aromatic carbocycles. The standard InChI is InChI=1S/C11H8F3N3O4S/c12-11(13,14)9-4-8(1-2-15-9)22(19,20)17-10(18)3-7-5-16-21-6-7/h1-2,4-6H,3H2,(H,17,18). The van der Waals surface area contributed by atoms with Gasteiger partial charge in [-0.1, -0.05) is 5.16 Å². The molecule has 0 aliphatic rings. The van der Waals surface area contributed by atoms with Crippen LogP contribution in [0.4, 0.5) is 13.2 Å². The molecule has 1 amide bonds. The van der Waals surface area contributed by atoms with Gasteiger partial charge in [0.2, 0.25) is 5.91 Å². The van der Waals surface area contributed by atoms with Crippen molar-refractivity contribution in [2.24, 2.45) is 0 Å². The first-order valence-corrected chi connectivity index (χ1v) is 7.14. The van der Waals surface area contributed by atoms with Gasteiger partial charge in [0.15, 0.2) is 0 Å². The van der Waals surface area contributed by atoms with Gasteiger partial charge in [0, 0.05) is 11.8 Å². The summed E-state index contributed by atoms with van der Waals surface area (Å²) in [5.74, 6) is -0.937. The van der Waals surface area contributed by atoms with Crippen molar-refractivity contribution in [3.8, 4) is 0 Å². The number of hydrogen-bond donors (Lipinski definition) is 1. The number of halogens is 3. The van der Waals surface area contributed by atoms with Crippen LogP contribution in [0.25, 0.3) is 0 Å². The quantitative estimate of drug-likeness (QED) is 0.899. The first-order chi connectivity index (χ1) is 10.2. The summed E-state index contributed by atoms with van der Waals surface area (Å²) in [6, 6.07) is 1.19. The molecule has 22 heavy (non-hydrogen) atoms. The number of alkyl halides is 3. The molecule has 0 fully saturated rings. The lowest BCUT2D eigenvalue weighted by atomic mass is 10.2. The van der Waals surface area contributed by atoms with Crippen LogP contribution in [0.3, 0.4) is 0 Å². The van der Waals surface area contributed by atoms with Crippen molar-refractivity contribution in [1.82, 2.24) is 14.9 Å². The van der Waals surface area contributed by atoms with E-state index in [0.29, 0.717) is 17.8 Å². The molecule has 0 unspecified atom stereocenters. The second kappa shape index (κ2) is 5.75. The molecule has 0 atom stereocenters. The summed E-state index contributed by atoms with van der Waals surface area (Å²) in [4.78, 5) is 13.9. The molecule has 0 aliphatic heterocycles. The number of hydrogen-bond acceptors (Lipinski definition) is 6. The van der Waals surface area contributed by atoms with Crippen molar-refractivity contribution in [2.75, 3.05) is 0 Å². The number of aromatic nitrogens is 2. The predicted molar refractivity (Wildman–Crippen MR) is 64.8 cm³/mol. The van der Waals surface area contributed by atoms with Crippen molar-refractivity contribution in [2.45, 2.75) is 17.5 Å². The maximum Gasteiger partial charge on any atom is 0.433 e. The summed E-state index contributed by atoms with van der Waals surface area (Å²) in [7, 11) is -4.44. The monoisotopic (exact) mass is 335 g/mol. The zero-order valence-corrected chi connectivity index (χ0v) is 11.5. The number of amides is 1. The highest BCUT2D eigenvalue weighted by Crippen LogP contribution is 2.28. The summed E-state index contributed by atoms with van der Waals surface area (Å²) < 4.78 is 67.4. The number of carbonyl (C=O) groups is 1. The van der Waals surface area contributed by atoms with E-state index in [-0.39, 0.29) is 6.42 Å². The molecule has 0 saturated heterocycles. The zero-order chi connectivity index (χ0) is 16.4. The summed E-state index contributed by atoms with van der Waals surface area (Å²) in [6.45, 7) is 0. The van der Waals surface area contributed by atoms with Crippen LogP contribution in [-0.2, 0) is 27.4 Å². The van der Waals surface area contributed by atoms with E-state index in [9.17, 15) is 26.4 Å². The van der Waals surface area contributed by atoms with Crippen molar-refractivity contribution in [1.29, 1.82) is 0 Å². The Morgan fingerprint density at radius 3 is 2.68 bits per heavy atom. The average molecular weight is 335 g/mol. The minimum atomic E-state index is -4.79. The topological polar surface area (TPSA) is 102 Å². The van der Waals surface area contributed by atoms with Crippen LogP contribution in [0.2, 0.25) is 0 Å². The maximum absolute atomic E-state index is 12.5.